The van der Waals surface area contributed by atoms with E-state index in [1.165, 1.54) is 19.4 Å². The molecule has 2 aliphatic rings. The number of carbonyl (C=O) groups is 1. The number of primary amides is 1. The molecule has 2 saturated heterocycles. The Bertz CT molecular complexity index is 517. The summed E-state index contributed by atoms with van der Waals surface area (Å²) >= 11 is 0. The van der Waals surface area contributed by atoms with Gasteiger partial charge >= 0.3 is 0 Å². The van der Waals surface area contributed by atoms with Gasteiger partial charge in [-0.1, -0.05) is 0 Å². The summed E-state index contributed by atoms with van der Waals surface area (Å²) in [6, 6.07) is 5.93. The Kier molecular flexibility index (Phi) is 3.53. The van der Waals surface area contributed by atoms with Gasteiger partial charge in [-0.25, -0.2) is 0 Å². The number of amides is 1. The predicted octanol–water partition coefficient (Wildman–Crippen LogP) is 1.04. The van der Waals surface area contributed by atoms with Gasteiger partial charge in [-0.05, 0) is 44.0 Å². The molecule has 4 N–H and O–H groups in total. The minimum Gasteiger partial charge on any atom is -0.397 e. The second-order valence-corrected chi connectivity index (χ2v) is 5.77. The van der Waals surface area contributed by atoms with E-state index >= 15 is 0 Å². The maximum Gasteiger partial charge on any atom is 0.248 e. The van der Waals surface area contributed by atoms with Crippen LogP contribution in [0.5, 0.6) is 0 Å². The van der Waals surface area contributed by atoms with Crippen molar-refractivity contribution in [2.24, 2.45) is 5.73 Å². The summed E-state index contributed by atoms with van der Waals surface area (Å²) in [6.45, 7) is 4.36. The van der Waals surface area contributed by atoms with Gasteiger partial charge < -0.3 is 16.4 Å². The molecule has 1 aromatic carbocycles. The van der Waals surface area contributed by atoms with Crippen LogP contribution in [0.25, 0.3) is 0 Å². The van der Waals surface area contributed by atoms with E-state index in [0.717, 1.165) is 37.4 Å². The van der Waals surface area contributed by atoms with Gasteiger partial charge in [0, 0.05) is 31.2 Å². The summed E-state index contributed by atoms with van der Waals surface area (Å²) in [4.78, 5) is 16.2. The van der Waals surface area contributed by atoms with Gasteiger partial charge in [0.15, 0.2) is 0 Å². The molecule has 108 valence electrons. The maximum absolute atomic E-state index is 11.4. The molecular weight excluding hydrogens is 252 g/mol. The van der Waals surface area contributed by atoms with Gasteiger partial charge in [-0.3, -0.25) is 9.69 Å². The standard InChI is InChI=1S/C15H22N4O/c16-13-5-4-11(15(17)20)9-14(13)19-8-2-7-18-6-1-3-12(18)10-19/h4-5,9,12H,1-3,6-8,10,16H2,(H2,17,20). The van der Waals surface area contributed by atoms with Crippen LogP contribution in [0.4, 0.5) is 11.4 Å². The Morgan fingerprint density at radius 1 is 1.20 bits per heavy atom. The number of fused-ring (bicyclic) bond motifs is 1. The summed E-state index contributed by atoms with van der Waals surface area (Å²) in [5, 5.41) is 0. The minimum atomic E-state index is -0.399. The quantitative estimate of drug-likeness (QED) is 0.790. The van der Waals surface area contributed by atoms with Crippen molar-refractivity contribution < 1.29 is 4.79 Å². The van der Waals surface area contributed by atoms with Crippen molar-refractivity contribution in [3.63, 3.8) is 0 Å². The Morgan fingerprint density at radius 3 is 2.80 bits per heavy atom. The largest absolute Gasteiger partial charge is 0.397 e. The summed E-state index contributed by atoms with van der Waals surface area (Å²) in [5.41, 5.74) is 13.7. The molecule has 2 aliphatic heterocycles. The van der Waals surface area contributed by atoms with Crippen LogP contribution in [0.15, 0.2) is 18.2 Å². The molecule has 3 rings (SSSR count). The molecule has 0 bridgehead atoms. The summed E-state index contributed by atoms with van der Waals surface area (Å²) < 4.78 is 0. The van der Waals surface area contributed by atoms with E-state index in [4.69, 9.17) is 11.5 Å². The minimum absolute atomic E-state index is 0.399. The maximum atomic E-state index is 11.4. The molecule has 0 aliphatic carbocycles. The molecule has 0 spiro atoms. The van der Waals surface area contributed by atoms with E-state index in [0.29, 0.717) is 11.6 Å². The summed E-state index contributed by atoms with van der Waals surface area (Å²) in [5.74, 6) is -0.399. The normalized spacial score (nSPS) is 23.4. The zero-order chi connectivity index (χ0) is 14.1. The van der Waals surface area contributed by atoms with Crippen LogP contribution in [-0.2, 0) is 0 Å². The Morgan fingerprint density at radius 2 is 2.00 bits per heavy atom. The number of benzene rings is 1. The first-order valence-electron chi connectivity index (χ1n) is 7.33. The molecule has 20 heavy (non-hydrogen) atoms. The number of nitrogens with two attached hydrogens (primary N) is 2. The Labute approximate surface area is 119 Å². The fraction of sp³-hybridized carbons (Fsp3) is 0.533. The van der Waals surface area contributed by atoms with Gasteiger partial charge in [0.05, 0.1) is 11.4 Å². The third-order valence-electron chi connectivity index (χ3n) is 4.46. The highest BCUT2D eigenvalue weighted by Gasteiger charge is 2.29. The number of hydrogen-bond acceptors (Lipinski definition) is 4. The third kappa shape index (κ3) is 2.45. The van der Waals surface area contributed by atoms with Gasteiger partial charge in [0.1, 0.15) is 0 Å². The second-order valence-electron chi connectivity index (χ2n) is 5.77. The highest BCUT2D eigenvalue weighted by molar-refractivity contribution is 5.95. The molecule has 5 nitrogen and oxygen atoms in total. The first-order chi connectivity index (χ1) is 9.65. The van der Waals surface area contributed by atoms with Crippen LogP contribution in [0.3, 0.4) is 0 Å². The predicted molar refractivity (Wildman–Crippen MR) is 80.8 cm³/mol. The first kappa shape index (κ1) is 13.2. The van der Waals surface area contributed by atoms with E-state index < -0.39 is 5.91 Å². The molecule has 1 amide bonds. The average molecular weight is 274 g/mol. The van der Waals surface area contributed by atoms with Crippen LogP contribution in [0, 0.1) is 0 Å². The van der Waals surface area contributed by atoms with Crippen LogP contribution in [0.2, 0.25) is 0 Å². The van der Waals surface area contributed by atoms with Crippen LogP contribution < -0.4 is 16.4 Å². The lowest BCUT2D eigenvalue weighted by Gasteiger charge is -2.28. The van der Waals surface area contributed by atoms with Gasteiger partial charge in [-0.15, -0.1) is 0 Å². The molecule has 1 atom stereocenters. The molecule has 1 aromatic rings. The smallest absolute Gasteiger partial charge is 0.248 e. The lowest BCUT2D eigenvalue weighted by atomic mass is 10.1. The lowest BCUT2D eigenvalue weighted by molar-refractivity contribution is 0.100. The summed E-state index contributed by atoms with van der Waals surface area (Å²) in [6.07, 6.45) is 3.68. The number of anilines is 2. The molecule has 5 heteroatoms. The number of hydrogen-bond donors (Lipinski definition) is 2. The molecule has 0 saturated carbocycles. The molecule has 0 radical (unpaired) electrons. The van der Waals surface area contributed by atoms with Crippen LogP contribution >= 0.6 is 0 Å². The number of nitrogens with zero attached hydrogens (tertiary/aromatic N) is 2. The van der Waals surface area contributed by atoms with Crippen molar-refractivity contribution in [1.82, 2.24) is 4.90 Å². The molecular formula is C15H22N4O. The highest BCUT2D eigenvalue weighted by atomic mass is 16.1. The molecule has 2 heterocycles. The van der Waals surface area contributed by atoms with E-state index in [-0.39, 0.29) is 0 Å². The van der Waals surface area contributed by atoms with Gasteiger partial charge in [0.25, 0.3) is 0 Å². The number of nitrogen functional groups attached to an aromatic ring is 1. The topological polar surface area (TPSA) is 75.6 Å². The van der Waals surface area contributed by atoms with Gasteiger partial charge in [-0.2, -0.15) is 0 Å². The summed E-state index contributed by atoms with van der Waals surface area (Å²) in [7, 11) is 0. The van der Waals surface area contributed by atoms with Crippen molar-refractivity contribution in [2.45, 2.75) is 25.3 Å². The first-order valence-corrected chi connectivity index (χ1v) is 7.33. The highest BCUT2D eigenvalue weighted by Crippen LogP contribution is 2.29. The van der Waals surface area contributed by atoms with E-state index in [9.17, 15) is 4.79 Å². The fourth-order valence-electron chi connectivity index (χ4n) is 3.40. The van der Waals surface area contributed by atoms with Crippen molar-refractivity contribution in [2.75, 3.05) is 36.8 Å². The van der Waals surface area contributed by atoms with E-state index in [1.54, 1.807) is 12.1 Å². The van der Waals surface area contributed by atoms with Gasteiger partial charge in [0.2, 0.25) is 5.91 Å². The number of rotatable bonds is 2. The van der Waals surface area contributed by atoms with Crippen molar-refractivity contribution in [3.8, 4) is 0 Å². The fourth-order valence-corrected chi connectivity index (χ4v) is 3.40. The van der Waals surface area contributed by atoms with Crippen LogP contribution in [0.1, 0.15) is 29.6 Å². The zero-order valence-corrected chi connectivity index (χ0v) is 11.7. The van der Waals surface area contributed by atoms with Crippen molar-refractivity contribution >= 4 is 17.3 Å². The van der Waals surface area contributed by atoms with Crippen LogP contribution in [-0.4, -0.2) is 43.0 Å². The lowest BCUT2D eigenvalue weighted by Crippen LogP contribution is -2.37. The average Bonchev–Trinajstić information content (AvgIpc) is 2.76. The van der Waals surface area contributed by atoms with Crippen molar-refractivity contribution in [1.29, 1.82) is 0 Å². The molecule has 0 aromatic heterocycles. The second kappa shape index (κ2) is 5.32. The van der Waals surface area contributed by atoms with E-state index in [2.05, 4.69) is 9.80 Å². The Balaban J connectivity index is 1.87. The molecule has 1 unspecified atom stereocenters. The Hall–Kier alpha value is -1.75. The van der Waals surface area contributed by atoms with E-state index in [1.807, 2.05) is 6.07 Å². The zero-order valence-electron chi connectivity index (χ0n) is 11.7. The monoisotopic (exact) mass is 274 g/mol. The third-order valence-corrected chi connectivity index (χ3v) is 4.46. The molecule has 2 fully saturated rings. The number of carbonyl (C=O) groups excluding carboxylic acids is 1. The van der Waals surface area contributed by atoms with Crippen molar-refractivity contribution in [3.05, 3.63) is 23.8 Å². The SMILES string of the molecule is NC(=O)c1ccc(N)c(N2CCCN3CCCC3C2)c1.